The summed E-state index contributed by atoms with van der Waals surface area (Å²) in [6.07, 6.45) is 14.9. The van der Waals surface area contributed by atoms with Crippen LogP contribution >= 0.6 is 0 Å². The number of aliphatic carboxylic acids is 1. The van der Waals surface area contributed by atoms with Crippen molar-refractivity contribution in [3.05, 3.63) is 98.9 Å². The van der Waals surface area contributed by atoms with Gasteiger partial charge in [-0.3, -0.25) is 9.59 Å². The Hall–Kier alpha value is -4.62. The molecule has 0 aromatic heterocycles. The molecule has 4 saturated carbocycles. The smallest absolute Gasteiger partial charge is 0.334 e. The third-order valence-corrected chi connectivity index (χ3v) is 21.1. The number of guanidine groups is 1. The Morgan fingerprint density at radius 1 is 0.955 bits per heavy atom. The molecule has 1 aliphatic heterocycles. The second-order valence-electron chi connectivity index (χ2n) is 23.5. The summed E-state index contributed by atoms with van der Waals surface area (Å²) in [6, 6.07) is 9.01. The summed E-state index contributed by atoms with van der Waals surface area (Å²) in [4.78, 5) is 49.2. The molecule has 0 amide bonds. The van der Waals surface area contributed by atoms with Gasteiger partial charge >= 0.3 is 5.97 Å². The summed E-state index contributed by atoms with van der Waals surface area (Å²) in [5.41, 5.74) is 7.59. The van der Waals surface area contributed by atoms with E-state index >= 15 is 9.90 Å². The van der Waals surface area contributed by atoms with Crippen molar-refractivity contribution in [2.45, 2.75) is 134 Å². The summed E-state index contributed by atoms with van der Waals surface area (Å²) in [6.45, 7) is 7.80. The Bertz CT molecular complexity index is 2690. The van der Waals surface area contributed by atoms with Gasteiger partial charge in [0.25, 0.3) is 0 Å². The summed E-state index contributed by atoms with van der Waals surface area (Å²) in [5.74, 6) is -6.46. The molecule has 1 heterocycles. The van der Waals surface area contributed by atoms with Crippen molar-refractivity contribution in [1.29, 1.82) is 0 Å². The molecule has 11 aliphatic rings. The van der Waals surface area contributed by atoms with Crippen LogP contribution in [0.1, 0.15) is 110 Å². The molecule has 6 bridgehead atoms. The molecule has 1 aromatic rings. The second-order valence-corrected chi connectivity index (χ2v) is 23.5. The number of carbonyl (C=O) groups excluding carboxylic acids is 2. The minimum absolute atomic E-state index is 0.0314. The Kier molecular flexibility index (Phi) is 8.98. The van der Waals surface area contributed by atoms with E-state index in [0.29, 0.717) is 73.7 Å². The topological polar surface area (TPSA) is 229 Å². The second kappa shape index (κ2) is 13.8. The molecule has 12 nitrogen and oxygen atoms in total. The Balaban J connectivity index is 1.25. The van der Waals surface area contributed by atoms with Crippen molar-refractivity contribution < 1.29 is 39.9 Å². The first-order chi connectivity index (χ1) is 31.8. The molecule has 0 radical (unpaired) electrons. The fraction of sp³-hybridized carbons (Fsp3) is 0.600. The van der Waals surface area contributed by atoms with E-state index in [1.54, 1.807) is 0 Å². The summed E-state index contributed by atoms with van der Waals surface area (Å²) in [5, 5.41) is 70.4. The van der Waals surface area contributed by atoms with Crippen LogP contribution in [0.2, 0.25) is 0 Å². The van der Waals surface area contributed by atoms with Crippen LogP contribution in [-0.4, -0.2) is 84.5 Å². The van der Waals surface area contributed by atoms with Gasteiger partial charge in [0.15, 0.2) is 17.3 Å². The first-order valence-corrected chi connectivity index (χ1v) is 25.1. The number of nitrogens with two attached hydrogens (primary N) is 2. The van der Waals surface area contributed by atoms with Gasteiger partial charge in [0.05, 0.1) is 11.6 Å². The zero-order valence-electron chi connectivity index (χ0n) is 39.1. The number of hydrogen-bond acceptors (Lipinski definition) is 9. The molecule has 12 heteroatoms. The highest BCUT2D eigenvalue weighted by Crippen LogP contribution is 2.87. The Morgan fingerprint density at radius 3 is 2.43 bits per heavy atom. The molecule has 354 valence electrons. The molecular weight excluding hydrogens is 845 g/mol. The van der Waals surface area contributed by atoms with E-state index in [-0.39, 0.29) is 36.5 Å². The molecule has 10 N–H and O–H groups in total. The normalized spacial score (nSPS) is 46.5. The standard InChI is InChI=1S/C55H66N4O8/c1-27(47(63)64)46(62)54(66)33-17-14-29-23-30-25-53(65)35(16-13-28-11-7-5-8-12-28)44-49(2,3)37(60)19-22-51(44)20-9-6-10-21-52-34-18-15-31-24-32(39(54)36(26-58-31)59-48(56)57)40(52)41(38(29)33)55(30,67)50(52,4)45(53)42(51)43(34)61/h5,7-8,11-13,16-17,25,31-32,34-36,39-41,44,58,62,65-67H,6,9-10,14-15,18-24,26H2,1-4H3,(H,63,64)(H4,56,57,59)/b16-13+,46-27-/t31-,32+,34-,35-,36+,39-,40-,41+,44+,50+,51+,52+,53+,54-,55-/m0/s1. The molecule has 5 fully saturated rings. The first-order valence-electron chi connectivity index (χ1n) is 25.1. The molecule has 10 aliphatic carbocycles. The van der Waals surface area contributed by atoms with Crippen LogP contribution < -0.4 is 16.8 Å². The average Bonchev–Trinajstić information content (AvgIpc) is 3.66. The van der Waals surface area contributed by atoms with Crippen molar-refractivity contribution in [2.24, 2.45) is 79.5 Å². The van der Waals surface area contributed by atoms with Crippen molar-refractivity contribution in [2.75, 3.05) is 6.54 Å². The van der Waals surface area contributed by atoms with E-state index in [9.17, 15) is 30.0 Å². The van der Waals surface area contributed by atoms with E-state index in [0.717, 1.165) is 36.0 Å². The SMILES string of the molecule is C/C(C(=O)O)=C(/O)[C@]1(O)C2=CCC3=C2[C@@H]2[C@@H]4[C@@H]5C[C@H](CC[C@H]6C(=O)C7=C8[C@]9(C)[C@@]46CCCCC[C@@]74CCC(=O)C(C)(C)[C@H]4[C@H](/C=C/c4ccccc4)[C@]8(O)C=C(C3)[C@]29O)NC[C@@H](N=C(N)N)[C@H]51. The maximum Gasteiger partial charge on any atom is 0.334 e. The van der Waals surface area contributed by atoms with E-state index in [2.05, 4.69) is 24.4 Å². The highest BCUT2D eigenvalue weighted by molar-refractivity contribution is 6.04. The maximum atomic E-state index is 16.9. The average molecular weight is 911 g/mol. The minimum atomic E-state index is -2.28. The molecular formula is C55H66N4O8. The number of fused-ring (bicyclic) bond motifs is 1. The summed E-state index contributed by atoms with van der Waals surface area (Å²) < 4.78 is 0. The molecule has 2 spiro atoms. The number of carbonyl (C=O) groups is 3. The summed E-state index contributed by atoms with van der Waals surface area (Å²) >= 11 is 0. The number of aliphatic hydroxyl groups is 4. The van der Waals surface area contributed by atoms with Gasteiger partial charge in [-0.05, 0) is 115 Å². The Labute approximate surface area is 392 Å². The molecule has 1 saturated heterocycles. The van der Waals surface area contributed by atoms with Gasteiger partial charge in [-0.25, -0.2) is 9.79 Å². The van der Waals surface area contributed by atoms with E-state index in [1.165, 1.54) is 6.92 Å². The summed E-state index contributed by atoms with van der Waals surface area (Å²) in [7, 11) is 0. The van der Waals surface area contributed by atoms with E-state index in [4.69, 9.17) is 16.5 Å². The number of allylic oxidation sites excluding steroid dienone is 3. The number of nitrogens with zero attached hydrogens (tertiary/aromatic N) is 1. The fourth-order valence-electron chi connectivity index (χ4n) is 19.1. The van der Waals surface area contributed by atoms with Gasteiger partial charge < -0.3 is 42.3 Å². The van der Waals surface area contributed by atoms with E-state index < -0.39 is 103 Å². The molecule has 0 unspecified atom stereocenters. The van der Waals surface area contributed by atoms with Crippen LogP contribution in [0.15, 0.2) is 98.3 Å². The molecule has 15 atom stereocenters. The zero-order chi connectivity index (χ0) is 47.2. The van der Waals surface area contributed by atoms with Crippen LogP contribution in [0, 0.1) is 63.1 Å². The predicted octanol–water partition coefficient (Wildman–Crippen LogP) is 6.14. The fourth-order valence-corrected chi connectivity index (χ4v) is 19.1. The van der Waals surface area contributed by atoms with Gasteiger partial charge in [0.1, 0.15) is 22.7 Å². The quantitative estimate of drug-likeness (QED) is 0.0550. The van der Waals surface area contributed by atoms with Crippen LogP contribution in [-0.2, 0) is 14.4 Å². The number of carboxylic acid groups (broad SMARTS) is 1. The van der Waals surface area contributed by atoms with E-state index in [1.807, 2.05) is 56.3 Å². The molecule has 67 heavy (non-hydrogen) atoms. The van der Waals surface area contributed by atoms with Gasteiger partial charge in [-0.15, -0.1) is 0 Å². The lowest BCUT2D eigenvalue weighted by Crippen LogP contribution is -2.73. The van der Waals surface area contributed by atoms with Gasteiger partial charge in [0, 0.05) is 64.5 Å². The van der Waals surface area contributed by atoms with Gasteiger partial charge in [0.2, 0.25) is 0 Å². The van der Waals surface area contributed by atoms with Gasteiger partial charge in [-0.1, -0.05) is 94.2 Å². The largest absolute Gasteiger partial charge is 0.508 e. The van der Waals surface area contributed by atoms with Gasteiger partial charge in [-0.2, -0.15) is 0 Å². The number of carboxylic acids is 1. The maximum absolute atomic E-state index is 16.9. The van der Waals surface area contributed by atoms with Crippen molar-refractivity contribution in [1.82, 2.24) is 5.32 Å². The number of aliphatic imine (C=N–C) groups is 1. The number of hydrogen-bond donors (Lipinski definition) is 8. The lowest BCUT2D eigenvalue weighted by molar-refractivity contribution is -0.183. The minimum Gasteiger partial charge on any atom is -0.508 e. The van der Waals surface area contributed by atoms with Crippen LogP contribution in [0.5, 0.6) is 0 Å². The highest BCUT2D eigenvalue weighted by Gasteiger charge is 2.88. The Morgan fingerprint density at radius 2 is 1.70 bits per heavy atom. The molecule has 12 rings (SSSR count). The lowest BCUT2D eigenvalue weighted by Gasteiger charge is -2.72. The van der Waals surface area contributed by atoms with Crippen LogP contribution in [0.3, 0.4) is 0 Å². The van der Waals surface area contributed by atoms with Crippen molar-refractivity contribution in [3.8, 4) is 0 Å². The molecule has 1 aromatic carbocycles. The number of benzene rings is 1. The number of ketones is 2. The highest BCUT2D eigenvalue weighted by atomic mass is 16.4. The van der Waals surface area contributed by atoms with Crippen LogP contribution in [0.4, 0.5) is 0 Å². The first kappa shape index (κ1) is 43.6. The third kappa shape index (κ3) is 4.89. The monoisotopic (exact) mass is 910 g/mol. The lowest BCUT2D eigenvalue weighted by atomic mass is 9.32. The van der Waals surface area contributed by atoms with Crippen molar-refractivity contribution >= 4 is 29.6 Å². The number of Topliss-reactive ketones (excluding diaryl/α,β-unsaturated/α-hetero) is 2. The number of rotatable bonds is 5. The van der Waals surface area contributed by atoms with Crippen molar-refractivity contribution in [3.63, 3.8) is 0 Å². The van der Waals surface area contributed by atoms with Crippen LogP contribution in [0.25, 0.3) is 6.08 Å². The number of aliphatic hydroxyl groups excluding tert-OH is 1. The predicted molar refractivity (Wildman–Crippen MR) is 251 cm³/mol. The zero-order valence-corrected chi connectivity index (χ0v) is 39.1. The number of nitrogens with one attached hydrogen (secondary N) is 1. The third-order valence-electron chi connectivity index (χ3n) is 21.1.